The van der Waals surface area contributed by atoms with E-state index in [9.17, 15) is 4.39 Å². The van der Waals surface area contributed by atoms with Gasteiger partial charge in [-0.1, -0.05) is 28.1 Å². The van der Waals surface area contributed by atoms with Crippen LogP contribution in [0.15, 0.2) is 46.9 Å². The van der Waals surface area contributed by atoms with Gasteiger partial charge in [0.2, 0.25) is 0 Å². The lowest BCUT2D eigenvalue weighted by atomic mass is 9.99. The van der Waals surface area contributed by atoms with Gasteiger partial charge in [0.05, 0.1) is 0 Å². The zero-order chi connectivity index (χ0) is 13.8. The molecule has 1 unspecified atom stereocenters. The predicted molar refractivity (Wildman–Crippen MR) is 88.8 cm³/mol. The summed E-state index contributed by atoms with van der Waals surface area (Å²) >= 11 is 5.66. The Morgan fingerprint density at radius 3 is 2.53 bits per heavy atom. The van der Waals surface area contributed by atoms with Crippen LogP contribution in [0.25, 0.3) is 0 Å². The number of rotatable bonds is 4. The van der Waals surface area contributed by atoms with Crippen molar-refractivity contribution in [1.82, 2.24) is 5.32 Å². The first-order valence-corrected chi connectivity index (χ1v) is 7.84. The van der Waals surface area contributed by atoms with Gasteiger partial charge in [-0.15, -0.1) is 0 Å². The van der Waals surface area contributed by atoms with Gasteiger partial charge in [-0.25, -0.2) is 4.39 Å². The second kappa shape index (κ2) is 6.81. The van der Waals surface area contributed by atoms with Crippen LogP contribution in [0, 0.1) is 9.39 Å². The van der Waals surface area contributed by atoms with E-state index in [1.54, 1.807) is 6.07 Å². The van der Waals surface area contributed by atoms with Crippen molar-refractivity contribution in [3.63, 3.8) is 0 Å². The molecule has 0 bridgehead atoms. The minimum absolute atomic E-state index is 0.112. The van der Waals surface area contributed by atoms with Crippen molar-refractivity contribution in [3.8, 4) is 0 Å². The Bertz CT molecular complexity index is 557. The molecule has 0 saturated heterocycles. The first-order chi connectivity index (χ1) is 9.10. The molecule has 4 heteroatoms. The van der Waals surface area contributed by atoms with Gasteiger partial charge in [0.15, 0.2) is 0 Å². The maximum atomic E-state index is 13.8. The highest BCUT2D eigenvalue weighted by Crippen LogP contribution is 2.23. The summed E-state index contributed by atoms with van der Waals surface area (Å²) in [5.41, 5.74) is 1.88. The molecule has 0 aliphatic carbocycles. The van der Waals surface area contributed by atoms with Crippen molar-refractivity contribution in [3.05, 3.63) is 67.5 Å². The van der Waals surface area contributed by atoms with Gasteiger partial charge < -0.3 is 5.32 Å². The molecule has 1 atom stereocenters. The van der Waals surface area contributed by atoms with Crippen LogP contribution in [-0.4, -0.2) is 7.05 Å². The fourth-order valence-corrected chi connectivity index (χ4v) is 2.77. The minimum Gasteiger partial charge on any atom is -0.313 e. The van der Waals surface area contributed by atoms with Crippen molar-refractivity contribution < 1.29 is 4.39 Å². The third-order valence-corrected chi connectivity index (χ3v) is 4.27. The van der Waals surface area contributed by atoms with E-state index < -0.39 is 0 Å². The third-order valence-electron chi connectivity index (χ3n) is 3.05. The first-order valence-electron chi connectivity index (χ1n) is 5.97. The summed E-state index contributed by atoms with van der Waals surface area (Å²) in [6.45, 7) is 0. The standard InChI is InChI=1S/C15H14BrFIN/c1-19-15(10-2-5-13(18)6-3-10)9-11-8-12(16)4-7-14(11)17/h2-8,15,19H,9H2,1H3. The monoisotopic (exact) mass is 433 g/mol. The van der Waals surface area contributed by atoms with E-state index in [-0.39, 0.29) is 11.9 Å². The predicted octanol–water partition coefficient (Wildman–Crippen LogP) is 4.70. The zero-order valence-corrected chi connectivity index (χ0v) is 14.2. The average molecular weight is 434 g/mol. The van der Waals surface area contributed by atoms with Gasteiger partial charge in [-0.2, -0.15) is 0 Å². The quantitative estimate of drug-likeness (QED) is 0.689. The maximum absolute atomic E-state index is 13.8. The summed E-state index contributed by atoms with van der Waals surface area (Å²) < 4.78 is 15.9. The Morgan fingerprint density at radius 1 is 1.21 bits per heavy atom. The fraction of sp³-hybridized carbons (Fsp3) is 0.200. The summed E-state index contributed by atoms with van der Waals surface area (Å²) in [5, 5.41) is 3.25. The van der Waals surface area contributed by atoms with Crippen LogP contribution < -0.4 is 5.32 Å². The number of hydrogen-bond donors (Lipinski definition) is 1. The molecular formula is C15H14BrFIN. The minimum atomic E-state index is -0.158. The highest BCUT2D eigenvalue weighted by atomic mass is 127. The van der Waals surface area contributed by atoms with Crippen LogP contribution in [0.2, 0.25) is 0 Å². The summed E-state index contributed by atoms with van der Waals surface area (Å²) in [4.78, 5) is 0. The summed E-state index contributed by atoms with van der Waals surface area (Å²) in [6.07, 6.45) is 0.627. The molecule has 2 aromatic carbocycles. The molecule has 2 rings (SSSR count). The van der Waals surface area contributed by atoms with Crippen LogP contribution in [-0.2, 0) is 6.42 Å². The smallest absolute Gasteiger partial charge is 0.126 e. The molecule has 0 aliphatic heterocycles. The Hall–Kier alpha value is -0.460. The topological polar surface area (TPSA) is 12.0 Å². The molecule has 1 nitrogen and oxygen atoms in total. The average Bonchev–Trinajstić information content (AvgIpc) is 2.41. The number of likely N-dealkylation sites (N-methyl/N-ethyl adjacent to an activating group) is 1. The second-order valence-electron chi connectivity index (χ2n) is 4.33. The third kappa shape index (κ3) is 4.00. The Kier molecular flexibility index (Phi) is 5.36. The van der Waals surface area contributed by atoms with Gasteiger partial charge in [-0.3, -0.25) is 0 Å². The number of nitrogens with one attached hydrogen (secondary N) is 1. The van der Waals surface area contributed by atoms with Gasteiger partial charge in [0.25, 0.3) is 0 Å². The highest BCUT2D eigenvalue weighted by molar-refractivity contribution is 14.1. The van der Waals surface area contributed by atoms with E-state index >= 15 is 0 Å². The van der Waals surface area contributed by atoms with Gasteiger partial charge in [-0.05, 0) is 77.5 Å². The molecule has 0 amide bonds. The molecule has 19 heavy (non-hydrogen) atoms. The Morgan fingerprint density at radius 2 is 1.89 bits per heavy atom. The molecule has 1 N–H and O–H groups in total. The van der Waals surface area contributed by atoms with Crippen molar-refractivity contribution >= 4 is 38.5 Å². The highest BCUT2D eigenvalue weighted by Gasteiger charge is 2.13. The zero-order valence-electron chi connectivity index (χ0n) is 10.5. The van der Waals surface area contributed by atoms with E-state index in [2.05, 4.69) is 68.1 Å². The van der Waals surface area contributed by atoms with Gasteiger partial charge in [0.1, 0.15) is 5.82 Å². The second-order valence-corrected chi connectivity index (χ2v) is 6.49. The normalized spacial score (nSPS) is 12.4. The van der Waals surface area contributed by atoms with Crippen LogP contribution in [0.3, 0.4) is 0 Å². The van der Waals surface area contributed by atoms with E-state index in [0.717, 1.165) is 4.47 Å². The molecule has 0 heterocycles. The SMILES string of the molecule is CNC(Cc1cc(Br)ccc1F)c1ccc(I)cc1. The maximum Gasteiger partial charge on any atom is 0.126 e. The van der Waals surface area contributed by atoms with Gasteiger partial charge >= 0.3 is 0 Å². The van der Waals surface area contributed by atoms with Crippen molar-refractivity contribution in [2.75, 3.05) is 7.05 Å². The lowest BCUT2D eigenvalue weighted by Crippen LogP contribution is -2.19. The molecule has 0 saturated carbocycles. The van der Waals surface area contributed by atoms with E-state index in [0.29, 0.717) is 12.0 Å². The van der Waals surface area contributed by atoms with Crippen LogP contribution in [0.5, 0.6) is 0 Å². The molecule has 0 radical (unpaired) electrons. The van der Waals surface area contributed by atoms with E-state index in [4.69, 9.17) is 0 Å². The Balaban J connectivity index is 2.23. The van der Waals surface area contributed by atoms with Crippen molar-refractivity contribution in [2.24, 2.45) is 0 Å². The van der Waals surface area contributed by atoms with Gasteiger partial charge in [0, 0.05) is 14.1 Å². The van der Waals surface area contributed by atoms with E-state index in [1.807, 2.05) is 13.1 Å². The van der Waals surface area contributed by atoms with Crippen LogP contribution in [0.4, 0.5) is 4.39 Å². The summed E-state index contributed by atoms with van der Waals surface area (Å²) in [5.74, 6) is -0.158. The number of hydrogen-bond acceptors (Lipinski definition) is 1. The molecule has 2 aromatic rings. The number of benzene rings is 2. The summed E-state index contributed by atoms with van der Waals surface area (Å²) in [6, 6.07) is 13.5. The molecule has 0 fully saturated rings. The van der Waals surface area contributed by atoms with E-state index in [1.165, 1.54) is 15.2 Å². The van der Waals surface area contributed by atoms with Crippen molar-refractivity contribution in [2.45, 2.75) is 12.5 Å². The Labute approximate surface area is 134 Å². The molecule has 0 aromatic heterocycles. The lowest BCUT2D eigenvalue weighted by molar-refractivity contribution is 0.554. The lowest BCUT2D eigenvalue weighted by Gasteiger charge is -2.17. The number of halogens is 3. The first kappa shape index (κ1) is 14.9. The van der Waals surface area contributed by atoms with Crippen LogP contribution in [0.1, 0.15) is 17.2 Å². The largest absolute Gasteiger partial charge is 0.313 e. The molecule has 100 valence electrons. The fourth-order valence-electron chi connectivity index (χ4n) is 2.00. The van der Waals surface area contributed by atoms with Crippen molar-refractivity contribution in [1.29, 1.82) is 0 Å². The molecule has 0 aliphatic rings. The van der Waals surface area contributed by atoms with Crippen LogP contribution >= 0.6 is 38.5 Å². The summed E-state index contributed by atoms with van der Waals surface area (Å²) in [7, 11) is 1.90. The molecular weight excluding hydrogens is 420 g/mol. The molecule has 0 spiro atoms.